The van der Waals surface area contributed by atoms with Gasteiger partial charge >= 0.3 is 12.1 Å². The van der Waals surface area contributed by atoms with Crippen molar-refractivity contribution in [3.05, 3.63) is 60.2 Å². The fourth-order valence-electron chi connectivity index (χ4n) is 7.81. The number of alkyl carbamates (subject to hydrolysis) is 1. The Labute approximate surface area is 449 Å². The van der Waals surface area contributed by atoms with Gasteiger partial charge in [0.1, 0.15) is 52.9 Å². The standard InChI is InChI=1S/C55H88N10O11/c1-17-75-49(71)43(27-35(8)9)62-51(73)55(15,16)65-48(70)42(29-37-21-19-23-57-31-37)60-45(67)39(25-33(4)5)58-44(66)38(24-32(2)3)59-46(68)41(28-36-20-18-22-56-30-36)61-50(72)54(13,14)64-47(69)40(26-34(6)7)63-52(74)76-53(10,11)12/h18-23,30-35,38-43H,17,24-29H2,1-16H3,(H,58,66)(H,59,68)(H,60,67)(H,61,72)(H,62,73)(H,63,74)(H,64,69)(H,65,70)/t38-,39-,40-,41-,42-,43-/m0/s1. The Bertz CT molecular complexity index is 2250. The minimum absolute atomic E-state index is 0.0248. The zero-order valence-corrected chi connectivity index (χ0v) is 47.7. The number of ether oxygens (including phenoxy) is 2. The molecule has 2 aromatic heterocycles. The quantitative estimate of drug-likeness (QED) is 0.0533. The molecular weight excluding hydrogens is 977 g/mol. The van der Waals surface area contributed by atoms with Crippen LogP contribution in [0.4, 0.5) is 4.79 Å². The Morgan fingerprint density at radius 3 is 1.18 bits per heavy atom. The van der Waals surface area contributed by atoms with E-state index in [4.69, 9.17) is 9.47 Å². The molecule has 2 rings (SSSR count). The molecule has 76 heavy (non-hydrogen) atoms. The van der Waals surface area contributed by atoms with E-state index in [0.717, 1.165) is 0 Å². The third kappa shape index (κ3) is 23.9. The molecule has 21 nitrogen and oxygen atoms in total. The number of amides is 8. The molecule has 0 bridgehead atoms. The number of rotatable bonds is 29. The molecule has 0 aromatic carbocycles. The Hall–Kier alpha value is -6.67. The topological polar surface area (TPSA) is 294 Å². The van der Waals surface area contributed by atoms with Gasteiger partial charge < -0.3 is 52.0 Å². The summed E-state index contributed by atoms with van der Waals surface area (Å²) in [6, 6.07) is -0.304. The second kappa shape index (κ2) is 30.2. The van der Waals surface area contributed by atoms with Gasteiger partial charge in [0.2, 0.25) is 41.4 Å². The van der Waals surface area contributed by atoms with Crippen LogP contribution < -0.4 is 42.5 Å². The second-order valence-electron chi connectivity index (χ2n) is 23.1. The highest BCUT2D eigenvalue weighted by molar-refractivity contribution is 5.99. The molecule has 0 aliphatic carbocycles. The average molecular weight is 1070 g/mol. The van der Waals surface area contributed by atoms with Crippen LogP contribution >= 0.6 is 0 Å². The van der Waals surface area contributed by atoms with Gasteiger partial charge in [-0.15, -0.1) is 0 Å². The number of nitrogens with one attached hydrogen (secondary N) is 8. The van der Waals surface area contributed by atoms with Crippen LogP contribution in [-0.4, -0.2) is 123 Å². The lowest BCUT2D eigenvalue weighted by Gasteiger charge is -2.32. The van der Waals surface area contributed by atoms with Crippen molar-refractivity contribution >= 4 is 53.4 Å². The highest BCUT2D eigenvalue weighted by Crippen LogP contribution is 2.16. The van der Waals surface area contributed by atoms with Crippen LogP contribution in [0.2, 0.25) is 0 Å². The van der Waals surface area contributed by atoms with Gasteiger partial charge in [-0.2, -0.15) is 0 Å². The number of hydrogen-bond donors (Lipinski definition) is 8. The highest BCUT2D eigenvalue weighted by atomic mass is 16.6. The summed E-state index contributed by atoms with van der Waals surface area (Å²) in [5.74, 6) is -5.89. The number of hydrogen-bond acceptors (Lipinski definition) is 13. The van der Waals surface area contributed by atoms with E-state index in [2.05, 4.69) is 52.5 Å². The molecule has 0 aliphatic rings. The maximum Gasteiger partial charge on any atom is 0.408 e. The summed E-state index contributed by atoms with van der Waals surface area (Å²) in [6.45, 7) is 27.6. The van der Waals surface area contributed by atoms with E-state index in [1.54, 1.807) is 64.4 Å². The van der Waals surface area contributed by atoms with E-state index in [0.29, 0.717) is 17.5 Å². The summed E-state index contributed by atoms with van der Waals surface area (Å²) in [5, 5.41) is 21.9. The van der Waals surface area contributed by atoms with Crippen LogP contribution in [0.1, 0.15) is 148 Å². The largest absolute Gasteiger partial charge is 0.464 e. The lowest BCUT2D eigenvalue weighted by Crippen LogP contribution is -2.63. The monoisotopic (exact) mass is 1060 g/mol. The number of aromatic nitrogens is 2. The van der Waals surface area contributed by atoms with Gasteiger partial charge in [0.15, 0.2) is 0 Å². The van der Waals surface area contributed by atoms with Gasteiger partial charge in [-0.1, -0.05) is 67.5 Å². The third-order valence-corrected chi connectivity index (χ3v) is 11.6. The lowest BCUT2D eigenvalue weighted by molar-refractivity contribution is -0.148. The van der Waals surface area contributed by atoms with Crippen molar-refractivity contribution in [1.29, 1.82) is 0 Å². The summed E-state index contributed by atoms with van der Waals surface area (Å²) in [5.41, 5.74) is -2.89. The number of carbonyl (C=O) groups is 9. The zero-order chi connectivity index (χ0) is 57.7. The van der Waals surface area contributed by atoms with E-state index in [1.807, 2.05) is 55.4 Å². The molecule has 21 heteroatoms. The molecule has 0 saturated heterocycles. The molecule has 2 aromatic rings. The van der Waals surface area contributed by atoms with E-state index < -0.39 is 106 Å². The smallest absolute Gasteiger partial charge is 0.408 e. The Morgan fingerprint density at radius 1 is 0.474 bits per heavy atom. The molecule has 0 radical (unpaired) electrons. The zero-order valence-electron chi connectivity index (χ0n) is 47.7. The van der Waals surface area contributed by atoms with Gasteiger partial charge in [-0.3, -0.25) is 43.5 Å². The van der Waals surface area contributed by atoms with Crippen LogP contribution in [0.3, 0.4) is 0 Å². The number of carbonyl (C=O) groups excluding carboxylic acids is 9. The van der Waals surface area contributed by atoms with Crippen molar-refractivity contribution in [3.8, 4) is 0 Å². The molecule has 6 atom stereocenters. The molecule has 0 spiro atoms. The molecule has 2 heterocycles. The fourth-order valence-corrected chi connectivity index (χ4v) is 7.81. The Balaban J connectivity index is 2.46. The first-order valence-corrected chi connectivity index (χ1v) is 26.3. The number of esters is 1. The first-order valence-electron chi connectivity index (χ1n) is 26.3. The van der Waals surface area contributed by atoms with Gasteiger partial charge in [0.25, 0.3) is 0 Å². The molecule has 424 valence electrons. The average Bonchev–Trinajstić information content (AvgIpc) is 3.29. The molecular formula is C55H88N10O11. The molecule has 0 aliphatic heterocycles. The van der Waals surface area contributed by atoms with Crippen molar-refractivity contribution in [3.63, 3.8) is 0 Å². The summed E-state index contributed by atoms with van der Waals surface area (Å²) >= 11 is 0. The molecule has 0 saturated carbocycles. The first kappa shape index (κ1) is 65.4. The highest BCUT2D eigenvalue weighted by Gasteiger charge is 2.39. The fraction of sp³-hybridized carbons (Fsp3) is 0.655. The Kier molecular flexibility index (Phi) is 26.0. The van der Waals surface area contributed by atoms with Crippen molar-refractivity contribution in [2.24, 2.45) is 23.7 Å². The van der Waals surface area contributed by atoms with E-state index in [1.165, 1.54) is 40.1 Å². The van der Waals surface area contributed by atoms with Crippen molar-refractivity contribution in [2.75, 3.05) is 6.61 Å². The minimum Gasteiger partial charge on any atom is -0.464 e. The molecule has 0 fully saturated rings. The number of nitrogens with zero attached hydrogens (tertiary/aromatic N) is 2. The van der Waals surface area contributed by atoms with Gasteiger partial charge in [0, 0.05) is 37.6 Å². The predicted molar refractivity (Wildman–Crippen MR) is 288 cm³/mol. The molecule has 0 unspecified atom stereocenters. The van der Waals surface area contributed by atoms with Crippen LogP contribution in [0, 0.1) is 23.7 Å². The molecule has 8 N–H and O–H groups in total. The second-order valence-corrected chi connectivity index (χ2v) is 23.1. The van der Waals surface area contributed by atoms with Crippen LogP contribution in [0.15, 0.2) is 49.1 Å². The van der Waals surface area contributed by atoms with Crippen LogP contribution in [-0.2, 0) is 60.7 Å². The van der Waals surface area contributed by atoms with Gasteiger partial charge in [0.05, 0.1) is 6.61 Å². The maximum atomic E-state index is 14.5. The van der Waals surface area contributed by atoms with Gasteiger partial charge in [-0.05, 0) is 128 Å². The lowest BCUT2D eigenvalue weighted by atomic mass is 9.97. The predicted octanol–water partition coefficient (Wildman–Crippen LogP) is 4.12. The SMILES string of the molecule is CCOC(=O)[C@H](CC(C)C)NC(=O)C(C)(C)NC(=O)[C@H](Cc1cccnc1)NC(=O)[C@H](CC(C)C)NC(=O)[C@H](CC(C)C)NC(=O)[C@H](Cc1cccnc1)NC(=O)C(C)(C)NC(=O)[C@H](CC(C)C)NC(=O)OC(C)(C)C. The van der Waals surface area contributed by atoms with Crippen molar-refractivity contribution < 1.29 is 52.6 Å². The van der Waals surface area contributed by atoms with E-state index >= 15 is 0 Å². The number of pyridine rings is 2. The van der Waals surface area contributed by atoms with Crippen LogP contribution in [0.5, 0.6) is 0 Å². The normalized spacial score (nSPS) is 14.3. The first-order chi connectivity index (χ1) is 35.2. The summed E-state index contributed by atoms with van der Waals surface area (Å²) in [7, 11) is 0. The Morgan fingerprint density at radius 2 is 0.816 bits per heavy atom. The van der Waals surface area contributed by atoms with E-state index in [-0.39, 0.29) is 62.4 Å². The van der Waals surface area contributed by atoms with E-state index in [9.17, 15) is 43.2 Å². The van der Waals surface area contributed by atoms with Crippen LogP contribution in [0.25, 0.3) is 0 Å². The summed E-state index contributed by atoms with van der Waals surface area (Å²) in [4.78, 5) is 133. The maximum absolute atomic E-state index is 14.5. The minimum atomic E-state index is -1.63. The van der Waals surface area contributed by atoms with Crippen molar-refractivity contribution in [2.45, 2.75) is 202 Å². The third-order valence-electron chi connectivity index (χ3n) is 11.6. The van der Waals surface area contributed by atoms with Gasteiger partial charge in [-0.25, -0.2) is 9.59 Å². The molecule has 8 amide bonds. The summed E-state index contributed by atoms with van der Waals surface area (Å²) < 4.78 is 10.6. The summed E-state index contributed by atoms with van der Waals surface area (Å²) in [6.07, 6.45) is 5.99. The van der Waals surface area contributed by atoms with Crippen molar-refractivity contribution in [1.82, 2.24) is 52.5 Å².